The Balaban J connectivity index is 1.31. The van der Waals surface area contributed by atoms with Crippen molar-refractivity contribution in [2.45, 2.75) is 0 Å². The average Bonchev–Trinajstić information content (AvgIpc) is 3.53. The van der Waals surface area contributed by atoms with Gasteiger partial charge in [-0.25, -0.2) is 0 Å². The van der Waals surface area contributed by atoms with Gasteiger partial charge in [-0.3, -0.25) is 0 Å². The van der Waals surface area contributed by atoms with Crippen molar-refractivity contribution in [3.8, 4) is 44.5 Å². The van der Waals surface area contributed by atoms with Gasteiger partial charge in [-0.2, -0.15) is 0 Å². The van der Waals surface area contributed by atoms with Gasteiger partial charge in [0, 0.05) is 10.8 Å². The third-order valence-electron chi connectivity index (χ3n) is 10.0. The van der Waals surface area contributed by atoms with Gasteiger partial charge in [0.25, 0.3) is 0 Å². The number of hydrogen-bond acceptors (Lipinski definition) is 1. The Bertz CT molecular complexity index is 2750. The van der Waals surface area contributed by atoms with E-state index in [-0.39, 0.29) is 0 Å². The first-order valence-electron chi connectivity index (χ1n) is 16.8. The molecule has 0 radical (unpaired) electrons. The minimum absolute atomic E-state index is 0.906. The lowest BCUT2D eigenvalue weighted by Gasteiger charge is -2.22. The number of fused-ring (bicyclic) bond motifs is 6. The molecule has 0 amide bonds. The molecular weight excluding hydrogens is 593 g/mol. The zero-order chi connectivity index (χ0) is 32.3. The highest BCUT2D eigenvalue weighted by molar-refractivity contribution is 6.24. The summed E-state index contributed by atoms with van der Waals surface area (Å²) in [5.74, 6) is 0. The molecule has 1 aromatic heterocycles. The molecule has 0 N–H and O–H groups in total. The highest BCUT2D eigenvalue weighted by Crippen LogP contribution is 2.49. The van der Waals surface area contributed by atoms with Crippen molar-refractivity contribution in [2.75, 3.05) is 0 Å². The molecule has 0 atom stereocenters. The largest absolute Gasteiger partial charge is 0.456 e. The van der Waals surface area contributed by atoms with Crippen molar-refractivity contribution < 1.29 is 4.42 Å². The Morgan fingerprint density at radius 3 is 1.35 bits per heavy atom. The van der Waals surface area contributed by atoms with E-state index in [0.717, 1.165) is 21.9 Å². The molecule has 1 heterocycles. The van der Waals surface area contributed by atoms with Gasteiger partial charge in [0.15, 0.2) is 0 Å². The molecule has 0 aliphatic carbocycles. The molecule has 0 bridgehead atoms. The fourth-order valence-corrected chi connectivity index (χ4v) is 7.86. The molecule has 0 saturated heterocycles. The quantitative estimate of drug-likeness (QED) is 0.178. The Hall–Kier alpha value is -6.44. The van der Waals surface area contributed by atoms with E-state index in [4.69, 9.17) is 4.42 Å². The summed E-state index contributed by atoms with van der Waals surface area (Å²) in [5.41, 5.74) is 11.6. The van der Waals surface area contributed by atoms with Gasteiger partial charge in [-0.15, -0.1) is 0 Å². The smallest absolute Gasteiger partial charge is 0.136 e. The first kappa shape index (κ1) is 27.7. The molecule has 10 aromatic rings. The number of rotatable bonds is 4. The van der Waals surface area contributed by atoms with Crippen LogP contribution in [0.15, 0.2) is 186 Å². The van der Waals surface area contributed by atoms with Crippen LogP contribution in [0, 0.1) is 0 Å². The van der Waals surface area contributed by atoms with Crippen LogP contribution >= 0.6 is 0 Å². The monoisotopic (exact) mass is 622 g/mol. The van der Waals surface area contributed by atoms with Crippen LogP contribution in [0.1, 0.15) is 0 Å². The second-order valence-corrected chi connectivity index (χ2v) is 12.8. The van der Waals surface area contributed by atoms with Gasteiger partial charge < -0.3 is 4.42 Å². The van der Waals surface area contributed by atoms with Crippen molar-refractivity contribution in [2.24, 2.45) is 0 Å². The van der Waals surface area contributed by atoms with Crippen LogP contribution < -0.4 is 0 Å². The Morgan fingerprint density at radius 1 is 0.265 bits per heavy atom. The second kappa shape index (κ2) is 11.1. The lowest BCUT2D eigenvalue weighted by atomic mass is 9.81. The molecule has 0 spiro atoms. The maximum atomic E-state index is 6.41. The van der Waals surface area contributed by atoms with E-state index in [1.54, 1.807) is 0 Å². The van der Waals surface area contributed by atoms with Gasteiger partial charge >= 0.3 is 0 Å². The van der Waals surface area contributed by atoms with Crippen LogP contribution in [0.25, 0.3) is 98.8 Å². The van der Waals surface area contributed by atoms with E-state index in [0.29, 0.717) is 0 Å². The minimum atomic E-state index is 0.906. The summed E-state index contributed by atoms with van der Waals surface area (Å²) in [6.45, 7) is 0. The molecule has 228 valence electrons. The van der Waals surface area contributed by atoms with Crippen LogP contribution in [0.5, 0.6) is 0 Å². The summed E-state index contributed by atoms with van der Waals surface area (Å²) < 4.78 is 6.41. The molecule has 0 unspecified atom stereocenters. The van der Waals surface area contributed by atoms with E-state index in [2.05, 4.69) is 182 Å². The molecule has 0 aliphatic rings. The zero-order valence-corrected chi connectivity index (χ0v) is 26.7. The predicted molar refractivity (Wildman–Crippen MR) is 208 cm³/mol. The SMILES string of the molecule is c1ccc(-c2cccc(-c3ccccc3)c2-c2c3ccccc3c(-c3ccc4oc5cc6ccccc6cc5c4c3)c3ccccc23)cc1. The van der Waals surface area contributed by atoms with Crippen LogP contribution in [-0.4, -0.2) is 0 Å². The minimum Gasteiger partial charge on any atom is -0.456 e. The van der Waals surface area contributed by atoms with Crippen molar-refractivity contribution in [3.05, 3.63) is 182 Å². The van der Waals surface area contributed by atoms with E-state index in [1.807, 2.05) is 0 Å². The molecule has 1 nitrogen and oxygen atoms in total. The molecule has 0 fully saturated rings. The molecule has 10 rings (SSSR count). The second-order valence-electron chi connectivity index (χ2n) is 12.8. The van der Waals surface area contributed by atoms with Crippen molar-refractivity contribution >= 4 is 54.3 Å². The third kappa shape index (κ3) is 4.40. The van der Waals surface area contributed by atoms with Gasteiger partial charge in [-0.1, -0.05) is 158 Å². The van der Waals surface area contributed by atoms with Gasteiger partial charge in [0.1, 0.15) is 11.2 Å². The van der Waals surface area contributed by atoms with E-state index in [9.17, 15) is 0 Å². The van der Waals surface area contributed by atoms with Crippen molar-refractivity contribution in [1.29, 1.82) is 0 Å². The molecule has 9 aromatic carbocycles. The topological polar surface area (TPSA) is 13.1 Å². The first-order valence-corrected chi connectivity index (χ1v) is 16.8. The van der Waals surface area contributed by atoms with Crippen molar-refractivity contribution in [1.82, 2.24) is 0 Å². The number of benzene rings is 9. The normalized spacial score (nSPS) is 11.7. The summed E-state index contributed by atoms with van der Waals surface area (Å²) in [5, 5.41) is 9.62. The number of furan rings is 1. The fraction of sp³-hybridized carbons (Fsp3) is 0. The maximum absolute atomic E-state index is 6.41. The lowest BCUT2D eigenvalue weighted by Crippen LogP contribution is -1.95. The summed E-state index contributed by atoms with van der Waals surface area (Å²) in [6, 6.07) is 65.8. The summed E-state index contributed by atoms with van der Waals surface area (Å²) in [7, 11) is 0. The van der Waals surface area contributed by atoms with Gasteiger partial charge in [0.2, 0.25) is 0 Å². The van der Waals surface area contributed by atoms with Crippen LogP contribution in [0.3, 0.4) is 0 Å². The molecular formula is C48H30O. The third-order valence-corrected chi connectivity index (χ3v) is 10.0. The zero-order valence-electron chi connectivity index (χ0n) is 26.7. The predicted octanol–water partition coefficient (Wildman–Crippen LogP) is 13.7. The van der Waals surface area contributed by atoms with E-state index in [1.165, 1.54) is 76.8 Å². The summed E-state index contributed by atoms with van der Waals surface area (Å²) in [6.07, 6.45) is 0. The van der Waals surface area contributed by atoms with Gasteiger partial charge in [-0.05, 0) is 101 Å². The van der Waals surface area contributed by atoms with Gasteiger partial charge in [0.05, 0.1) is 0 Å². The highest BCUT2D eigenvalue weighted by Gasteiger charge is 2.22. The Morgan fingerprint density at radius 2 is 0.755 bits per heavy atom. The first-order chi connectivity index (χ1) is 24.3. The van der Waals surface area contributed by atoms with Crippen LogP contribution in [0.2, 0.25) is 0 Å². The van der Waals surface area contributed by atoms with Crippen LogP contribution in [0.4, 0.5) is 0 Å². The molecule has 49 heavy (non-hydrogen) atoms. The average molecular weight is 623 g/mol. The lowest BCUT2D eigenvalue weighted by molar-refractivity contribution is 0.669. The molecule has 1 heteroatoms. The fourth-order valence-electron chi connectivity index (χ4n) is 7.86. The highest BCUT2D eigenvalue weighted by atomic mass is 16.3. The van der Waals surface area contributed by atoms with E-state index >= 15 is 0 Å². The van der Waals surface area contributed by atoms with Crippen molar-refractivity contribution in [3.63, 3.8) is 0 Å². The molecule has 0 saturated carbocycles. The molecule has 0 aliphatic heterocycles. The van der Waals surface area contributed by atoms with E-state index < -0.39 is 0 Å². The standard InChI is InChI=1S/C48H30O/c1-3-14-31(15-4-1)36-24-13-25-37(32-16-5-2-6-17-32)47(36)48-40-22-11-9-20-38(40)46(39-21-10-12-23-41(39)48)35-26-27-44-42(29-35)43-28-33-18-7-8-19-34(33)30-45(43)49-44/h1-30H. The Labute approximate surface area is 284 Å². The maximum Gasteiger partial charge on any atom is 0.136 e. The Kier molecular flexibility index (Phi) is 6.25. The van der Waals surface area contributed by atoms with Crippen LogP contribution in [-0.2, 0) is 0 Å². The summed E-state index contributed by atoms with van der Waals surface area (Å²) >= 11 is 0. The number of hydrogen-bond donors (Lipinski definition) is 0. The summed E-state index contributed by atoms with van der Waals surface area (Å²) in [4.78, 5) is 0.